The Morgan fingerprint density at radius 3 is 2.04 bits per heavy atom. The SMILES string of the molecule is CCCC(O)(c1ccccc1C=Cc1ccccc1)C(O)(O)O. The third-order valence-electron chi connectivity index (χ3n) is 3.83. The van der Waals surface area contributed by atoms with E-state index in [2.05, 4.69) is 0 Å². The van der Waals surface area contributed by atoms with Gasteiger partial charge in [-0.1, -0.05) is 80.1 Å². The molecule has 4 N–H and O–H groups in total. The van der Waals surface area contributed by atoms with Crippen LogP contribution in [0.1, 0.15) is 36.5 Å². The molecule has 2 aromatic carbocycles. The predicted octanol–water partition coefficient (Wildman–Crippen LogP) is 2.48. The first kappa shape index (κ1) is 17.4. The van der Waals surface area contributed by atoms with Gasteiger partial charge >= 0.3 is 5.97 Å². The van der Waals surface area contributed by atoms with Gasteiger partial charge in [0, 0.05) is 0 Å². The molecule has 0 heterocycles. The summed E-state index contributed by atoms with van der Waals surface area (Å²) in [7, 11) is 0. The number of rotatable bonds is 6. The molecule has 0 saturated heterocycles. The Hall–Kier alpha value is -1.98. The Bertz CT molecular complexity index is 659. The first-order valence-corrected chi connectivity index (χ1v) is 7.60. The van der Waals surface area contributed by atoms with Crippen molar-refractivity contribution >= 4 is 12.2 Å². The van der Waals surface area contributed by atoms with E-state index < -0.39 is 11.6 Å². The van der Waals surface area contributed by atoms with Crippen LogP contribution in [-0.2, 0) is 5.60 Å². The lowest BCUT2D eigenvalue weighted by atomic mass is 9.83. The number of aliphatic hydroxyl groups is 4. The summed E-state index contributed by atoms with van der Waals surface area (Å²) in [5.41, 5.74) is -0.320. The maximum atomic E-state index is 10.7. The summed E-state index contributed by atoms with van der Waals surface area (Å²) < 4.78 is 0. The van der Waals surface area contributed by atoms with Crippen molar-refractivity contribution in [2.75, 3.05) is 0 Å². The molecule has 0 aromatic heterocycles. The van der Waals surface area contributed by atoms with Gasteiger partial charge in [-0.25, -0.2) is 0 Å². The highest BCUT2D eigenvalue weighted by molar-refractivity contribution is 5.71. The van der Waals surface area contributed by atoms with E-state index >= 15 is 0 Å². The second-order valence-electron chi connectivity index (χ2n) is 5.58. The van der Waals surface area contributed by atoms with E-state index in [1.807, 2.05) is 36.4 Å². The zero-order valence-electron chi connectivity index (χ0n) is 13.1. The highest BCUT2D eigenvalue weighted by atomic mass is 16.7. The second-order valence-corrected chi connectivity index (χ2v) is 5.58. The van der Waals surface area contributed by atoms with Gasteiger partial charge in [0.05, 0.1) is 0 Å². The van der Waals surface area contributed by atoms with Crippen molar-refractivity contribution in [2.45, 2.75) is 31.3 Å². The Morgan fingerprint density at radius 1 is 0.826 bits per heavy atom. The zero-order valence-corrected chi connectivity index (χ0v) is 13.1. The molecule has 122 valence electrons. The van der Waals surface area contributed by atoms with Crippen molar-refractivity contribution in [2.24, 2.45) is 0 Å². The summed E-state index contributed by atoms with van der Waals surface area (Å²) in [5.74, 6) is -3.22. The van der Waals surface area contributed by atoms with Crippen LogP contribution in [0.4, 0.5) is 0 Å². The average molecular weight is 314 g/mol. The lowest BCUT2D eigenvalue weighted by Gasteiger charge is -2.36. The van der Waals surface area contributed by atoms with Crippen LogP contribution in [0.15, 0.2) is 54.6 Å². The van der Waals surface area contributed by atoms with Crippen LogP contribution in [0.3, 0.4) is 0 Å². The third-order valence-corrected chi connectivity index (χ3v) is 3.83. The molecule has 1 atom stereocenters. The Morgan fingerprint density at radius 2 is 1.43 bits per heavy atom. The van der Waals surface area contributed by atoms with E-state index in [1.54, 1.807) is 37.3 Å². The molecular weight excluding hydrogens is 292 g/mol. The van der Waals surface area contributed by atoms with Gasteiger partial charge < -0.3 is 20.4 Å². The van der Waals surface area contributed by atoms with Gasteiger partial charge in [0.25, 0.3) is 0 Å². The molecule has 23 heavy (non-hydrogen) atoms. The summed E-state index contributed by atoms with van der Waals surface area (Å²) >= 11 is 0. The molecule has 0 aliphatic heterocycles. The van der Waals surface area contributed by atoms with Crippen molar-refractivity contribution in [3.05, 3.63) is 71.3 Å². The summed E-state index contributed by atoms with van der Waals surface area (Å²) in [6.45, 7) is 1.79. The molecule has 4 heteroatoms. The van der Waals surface area contributed by atoms with Gasteiger partial charge in [-0.05, 0) is 23.1 Å². The smallest absolute Gasteiger partial charge is 0.310 e. The number of benzene rings is 2. The minimum Gasteiger partial charge on any atom is -0.377 e. The molecule has 0 saturated carbocycles. The van der Waals surface area contributed by atoms with Crippen molar-refractivity contribution in [3.63, 3.8) is 0 Å². The van der Waals surface area contributed by atoms with E-state index in [0.717, 1.165) is 5.56 Å². The fourth-order valence-corrected chi connectivity index (χ4v) is 2.61. The standard InChI is InChI=1S/C19H22O4/c1-2-14-18(20,19(21,22)23)17-11-7-6-10-16(17)13-12-15-8-4-3-5-9-15/h3-13,20-23H,2,14H2,1H3. The van der Waals surface area contributed by atoms with E-state index in [9.17, 15) is 20.4 Å². The van der Waals surface area contributed by atoms with Gasteiger partial charge in [-0.2, -0.15) is 0 Å². The molecule has 1 unspecified atom stereocenters. The van der Waals surface area contributed by atoms with Crippen molar-refractivity contribution in [1.82, 2.24) is 0 Å². The maximum Gasteiger partial charge on any atom is 0.310 e. The summed E-state index contributed by atoms with van der Waals surface area (Å²) in [6.07, 6.45) is 4.11. The van der Waals surface area contributed by atoms with E-state index in [1.165, 1.54) is 0 Å². The normalized spacial score (nSPS) is 14.8. The lowest BCUT2D eigenvalue weighted by Crippen LogP contribution is -2.52. The molecule has 0 bridgehead atoms. The molecule has 2 rings (SSSR count). The van der Waals surface area contributed by atoms with E-state index in [-0.39, 0.29) is 12.0 Å². The van der Waals surface area contributed by atoms with Gasteiger partial charge in [0.1, 0.15) is 0 Å². The first-order valence-electron chi connectivity index (χ1n) is 7.60. The van der Waals surface area contributed by atoms with E-state index in [0.29, 0.717) is 12.0 Å². The van der Waals surface area contributed by atoms with Crippen LogP contribution >= 0.6 is 0 Å². The maximum absolute atomic E-state index is 10.7. The average Bonchev–Trinajstić information content (AvgIpc) is 2.53. The molecule has 0 radical (unpaired) electrons. The summed E-state index contributed by atoms with van der Waals surface area (Å²) in [6, 6.07) is 16.4. The van der Waals surface area contributed by atoms with E-state index in [4.69, 9.17) is 0 Å². The summed E-state index contributed by atoms with van der Waals surface area (Å²) in [5, 5.41) is 39.7. The monoisotopic (exact) mass is 314 g/mol. The van der Waals surface area contributed by atoms with Crippen LogP contribution in [-0.4, -0.2) is 26.4 Å². The topological polar surface area (TPSA) is 80.9 Å². The molecule has 4 nitrogen and oxygen atoms in total. The van der Waals surface area contributed by atoms with Crippen molar-refractivity contribution < 1.29 is 20.4 Å². The van der Waals surface area contributed by atoms with Gasteiger partial charge in [-0.3, -0.25) is 0 Å². The predicted molar refractivity (Wildman–Crippen MR) is 90.0 cm³/mol. The van der Waals surface area contributed by atoms with Crippen molar-refractivity contribution in [1.29, 1.82) is 0 Å². The molecule has 0 amide bonds. The van der Waals surface area contributed by atoms with Crippen LogP contribution < -0.4 is 0 Å². The largest absolute Gasteiger partial charge is 0.377 e. The van der Waals surface area contributed by atoms with Crippen LogP contribution in [0.2, 0.25) is 0 Å². The molecule has 2 aromatic rings. The van der Waals surface area contributed by atoms with Gasteiger partial charge in [-0.15, -0.1) is 0 Å². The Balaban J connectivity index is 2.46. The zero-order chi connectivity index (χ0) is 16.9. The van der Waals surface area contributed by atoms with Crippen LogP contribution in [0.25, 0.3) is 12.2 Å². The molecular formula is C19H22O4. The third kappa shape index (κ3) is 3.86. The minimum absolute atomic E-state index is 0.00664. The van der Waals surface area contributed by atoms with Crippen LogP contribution in [0.5, 0.6) is 0 Å². The minimum atomic E-state index is -3.22. The Labute approximate surface area is 136 Å². The van der Waals surface area contributed by atoms with Gasteiger partial charge in [0.2, 0.25) is 0 Å². The quantitative estimate of drug-likeness (QED) is 0.488. The Kier molecular flexibility index (Phi) is 5.34. The molecule has 0 aliphatic rings. The summed E-state index contributed by atoms with van der Waals surface area (Å²) in [4.78, 5) is 0. The second kappa shape index (κ2) is 7.06. The number of hydrogen-bond donors (Lipinski definition) is 4. The first-order chi connectivity index (χ1) is 10.9. The van der Waals surface area contributed by atoms with Gasteiger partial charge in [0.15, 0.2) is 5.60 Å². The number of hydrogen-bond acceptors (Lipinski definition) is 4. The molecule has 0 spiro atoms. The van der Waals surface area contributed by atoms with Crippen molar-refractivity contribution in [3.8, 4) is 0 Å². The molecule has 0 fully saturated rings. The highest BCUT2D eigenvalue weighted by Gasteiger charge is 2.49. The fraction of sp³-hybridized carbons (Fsp3) is 0.263. The highest BCUT2D eigenvalue weighted by Crippen LogP contribution is 2.37. The lowest BCUT2D eigenvalue weighted by molar-refractivity contribution is -0.398. The molecule has 0 aliphatic carbocycles. The fourth-order valence-electron chi connectivity index (χ4n) is 2.61. The van der Waals surface area contributed by atoms with Crippen LogP contribution in [0, 0.1) is 0 Å².